The molecule has 1 aliphatic heterocycles. The average molecular weight is 281 g/mol. The Morgan fingerprint density at radius 1 is 1.40 bits per heavy atom. The molecule has 1 atom stereocenters. The van der Waals surface area contributed by atoms with Crippen LogP contribution in [-0.4, -0.2) is 55.6 Å². The van der Waals surface area contributed by atoms with Gasteiger partial charge >= 0.3 is 0 Å². The minimum atomic E-state index is -0.262. The summed E-state index contributed by atoms with van der Waals surface area (Å²) in [6.07, 6.45) is 0.0128. The number of methoxy groups -OCH3 is 2. The third-order valence-corrected chi connectivity index (χ3v) is 3.14. The minimum absolute atomic E-state index is 0.0128. The number of anilines is 1. The molecule has 20 heavy (non-hydrogen) atoms. The number of aromatic nitrogens is 2. The molecule has 1 saturated heterocycles. The largest absolute Gasteiger partial charge is 0.481 e. The van der Waals surface area contributed by atoms with E-state index in [0.717, 1.165) is 12.2 Å². The van der Waals surface area contributed by atoms with Crippen LogP contribution in [-0.2, 0) is 9.47 Å². The molecule has 1 aromatic heterocycles. The van der Waals surface area contributed by atoms with Crippen LogP contribution >= 0.6 is 0 Å². The van der Waals surface area contributed by atoms with Crippen LogP contribution in [0.1, 0.15) is 19.5 Å². The topological polar surface area (TPSA) is 56.7 Å². The van der Waals surface area contributed by atoms with E-state index in [1.165, 1.54) is 0 Å². The molecule has 2 rings (SSSR count). The van der Waals surface area contributed by atoms with Crippen LogP contribution in [0.15, 0.2) is 6.07 Å². The molecule has 0 radical (unpaired) electrons. The second kappa shape index (κ2) is 5.93. The lowest BCUT2D eigenvalue weighted by atomic mass is 10.1. The molecule has 0 spiro atoms. The van der Waals surface area contributed by atoms with Crippen molar-refractivity contribution >= 4 is 5.95 Å². The monoisotopic (exact) mass is 281 g/mol. The number of hydrogen-bond donors (Lipinski definition) is 0. The van der Waals surface area contributed by atoms with Crippen molar-refractivity contribution in [2.45, 2.75) is 32.5 Å². The molecule has 0 amide bonds. The Hall–Kier alpha value is -1.40. The van der Waals surface area contributed by atoms with E-state index in [2.05, 4.69) is 28.7 Å². The summed E-state index contributed by atoms with van der Waals surface area (Å²) in [5.41, 5.74) is 0.626. The van der Waals surface area contributed by atoms with Crippen molar-refractivity contribution in [3.8, 4) is 5.88 Å². The summed E-state index contributed by atoms with van der Waals surface area (Å²) in [4.78, 5) is 11.1. The van der Waals surface area contributed by atoms with E-state index in [9.17, 15) is 0 Å². The third-order valence-electron chi connectivity index (χ3n) is 3.14. The highest BCUT2D eigenvalue weighted by atomic mass is 16.5. The lowest BCUT2D eigenvalue weighted by Crippen LogP contribution is -2.54. The number of nitrogens with zero attached hydrogens (tertiary/aromatic N) is 3. The first-order chi connectivity index (χ1) is 9.43. The molecular weight excluding hydrogens is 258 g/mol. The Morgan fingerprint density at radius 2 is 2.15 bits per heavy atom. The van der Waals surface area contributed by atoms with E-state index in [1.54, 1.807) is 14.2 Å². The van der Waals surface area contributed by atoms with Crippen LogP contribution in [0, 0.1) is 6.92 Å². The highest BCUT2D eigenvalue weighted by Gasteiger charge is 2.34. The normalized spacial score (nSPS) is 21.9. The van der Waals surface area contributed by atoms with Gasteiger partial charge in [0.1, 0.15) is 0 Å². The van der Waals surface area contributed by atoms with Crippen LogP contribution in [0.4, 0.5) is 5.95 Å². The second-order valence-electron chi connectivity index (χ2n) is 5.69. The van der Waals surface area contributed by atoms with Crippen molar-refractivity contribution in [1.82, 2.24) is 9.97 Å². The van der Waals surface area contributed by atoms with Crippen molar-refractivity contribution in [2.24, 2.45) is 0 Å². The fourth-order valence-corrected chi connectivity index (χ4v) is 2.49. The zero-order valence-electron chi connectivity index (χ0n) is 12.8. The number of rotatable bonds is 4. The molecule has 0 aliphatic carbocycles. The van der Waals surface area contributed by atoms with Gasteiger partial charge in [-0.1, -0.05) is 0 Å². The quantitative estimate of drug-likeness (QED) is 0.832. The standard InChI is InChI=1S/C14H23N3O3/c1-10-6-12(19-5)16-13(15-10)17-7-11(8-18-4)20-14(2,3)9-17/h6,11H,7-9H2,1-5H3/t11-/m0/s1. The second-order valence-corrected chi connectivity index (χ2v) is 5.69. The third kappa shape index (κ3) is 3.58. The van der Waals surface area contributed by atoms with E-state index in [0.29, 0.717) is 25.0 Å². The molecule has 0 N–H and O–H groups in total. The van der Waals surface area contributed by atoms with Gasteiger partial charge in [0, 0.05) is 32.0 Å². The average Bonchev–Trinajstić information content (AvgIpc) is 2.36. The van der Waals surface area contributed by atoms with Gasteiger partial charge in [-0.2, -0.15) is 4.98 Å². The SMILES string of the molecule is COC[C@@H]1CN(c2nc(C)cc(OC)n2)CC(C)(C)O1. The van der Waals surface area contributed by atoms with E-state index < -0.39 is 0 Å². The predicted octanol–water partition coefficient (Wildman–Crippen LogP) is 1.42. The van der Waals surface area contributed by atoms with Gasteiger partial charge in [0.15, 0.2) is 0 Å². The number of morpholine rings is 1. The first-order valence-electron chi connectivity index (χ1n) is 6.75. The Labute approximate surface area is 120 Å². The van der Waals surface area contributed by atoms with Gasteiger partial charge in [0.05, 0.1) is 25.4 Å². The van der Waals surface area contributed by atoms with E-state index in [4.69, 9.17) is 14.2 Å². The molecule has 112 valence electrons. The van der Waals surface area contributed by atoms with Crippen LogP contribution in [0.3, 0.4) is 0 Å². The molecule has 2 heterocycles. The maximum absolute atomic E-state index is 6.00. The van der Waals surface area contributed by atoms with Crippen LogP contribution < -0.4 is 9.64 Å². The zero-order chi connectivity index (χ0) is 14.8. The van der Waals surface area contributed by atoms with Gasteiger partial charge in [-0.25, -0.2) is 4.98 Å². The van der Waals surface area contributed by atoms with Crippen molar-refractivity contribution in [2.75, 3.05) is 38.8 Å². The van der Waals surface area contributed by atoms with Gasteiger partial charge in [-0.3, -0.25) is 0 Å². The number of aryl methyl sites for hydroxylation is 1. The predicted molar refractivity (Wildman–Crippen MR) is 76.4 cm³/mol. The van der Waals surface area contributed by atoms with Crippen LogP contribution in [0.5, 0.6) is 5.88 Å². The Kier molecular flexibility index (Phi) is 4.45. The van der Waals surface area contributed by atoms with Crippen molar-refractivity contribution in [3.05, 3.63) is 11.8 Å². The van der Waals surface area contributed by atoms with Gasteiger partial charge in [-0.05, 0) is 20.8 Å². The molecule has 6 nitrogen and oxygen atoms in total. The van der Waals surface area contributed by atoms with Gasteiger partial charge in [0.25, 0.3) is 0 Å². The summed E-state index contributed by atoms with van der Waals surface area (Å²) in [5, 5.41) is 0. The smallest absolute Gasteiger partial charge is 0.229 e. The van der Waals surface area contributed by atoms with E-state index >= 15 is 0 Å². The highest BCUT2D eigenvalue weighted by Crippen LogP contribution is 2.25. The van der Waals surface area contributed by atoms with Crippen molar-refractivity contribution in [3.63, 3.8) is 0 Å². The molecule has 0 unspecified atom stereocenters. The van der Waals surface area contributed by atoms with Crippen molar-refractivity contribution in [1.29, 1.82) is 0 Å². The van der Waals surface area contributed by atoms with E-state index in [-0.39, 0.29) is 11.7 Å². The van der Waals surface area contributed by atoms with E-state index in [1.807, 2.05) is 13.0 Å². The summed E-state index contributed by atoms with van der Waals surface area (Å²) in [5.74, 6) is 1.26. The Bertz CT molecular complexity index is 465. The molecule has 0 aromatic carbocycles. The summed E-state index contributed by atoms with van der Waals surface area (Å²) >= 11 is 0. The zero-order valence-corrected chi connectivity index (χ0v) is 12.8. The molecule has 1 aliphatic rings. The Balaban J connectivity index is 2.24. The summed E-state index contributed by atoms with van der Waals surface area (Å²) in [6, 6.07) is 1.82. The molecular formula is C14H23N3O3. The first-order valence-corrected chi connectivity index (χ1v) is 6.75. The molecule has 6 heteroatoms. The lowest BCUT2D eigenvalue weighted by Gasteiger charge is -2.42. The molecule has 0 saturated carbocycles. The summed E-state index contributed by atoms with van der Waals surface area (Å²) in [6.45, 7) is 8.07. The van der Waals surface area contributed by atoms with Crippen LogP contribution in [0.2, 0.25) is 0 Å². The van der Waals surface area contributed by atoms with Gasteiger partial charge < -0.3 is 19.1 Å². The maximum atomic E-state index is 6.00. The first kappa shape index (κ1) is 15.0. The van der Waals surface area contributed by atoms with Gasteiger partial charge in [-0.15, -0.1) is 0 Å². The molecule has 1 fully saturated rings. The van der Waals surface area contributed by atoms with Crippen molar-refractivity contribution < 1.29 is 14.2 Å². The molecule has 1 aromatic rings. The Morgan fingerprint density at radius 3 is 2.80 bits per heavy atom. The number of hydrogen-bond acceptors (Lipinski definition) is 6. The highest BCUT2D eigenvalue weighted by molar-refractivity contribution is 5.36. The minimum Gasteiger partial charge on any atom is -0.481 e. The summed E-state index contributed by atoms with van der Waals surface area (Å²) in [7, 11) is 3.30. The lowest BCUT2D eigenvalue weighted by molar-refractivity contribution is -0.106. The maximum Gasteiger partial charge on any atom is 0.229 e. The fraction of sp³-hybridized carbons (Fsp3) is 0.714. The summed E-state index contributed by atoms with van der Waals surface area (Å²) < 4.78 is 16.4. The van der Waals surface area contributed by atoms with Crippen LogP contribution in [0.25, 0.3) is 0 Å². The fourth-order valence-electron chi connectivity index (χ4n) is 2.49. The molecule has 0 bridgehead atoms. The van der Waals surface area contributed by atoms with Gasteiger partial charge in [0.2, 0.25) is 11.8 Å². The number of ether oxygens (including phenoxy) is 3.